The Morgan fingerprint density at radius 3 is 1.13 bits per heavy atom. The Balaban J connectivity index is 1.17. The molecule has 6 heteroatoms. The number of fused-ring (bicyclic) bond motifs is 2. The van der Waals surface area contributed by atoms with Crippen molar-refractivity contribution in [1.29, 1.82) is 0 Å². The van der Waals surface area contributed by atoms with Gasteiger partial charge in [-0.25, -0.2) is 0 Å². The topological polar surface area (TPSA) is 98.7 Å². The zero-order valence-corrected chi connectivity index (χ0v) is 38.7. The molecule has 0 fully saturated rings. The fraction of sp³-hybridized carbons (Fsp3) is 0.246. The lowest BCUT2D eigenvalue weighted by Gasteiger charge is -2.40. The highest BCUT2D eigenvalue weighted by Crippen LogP contribution is 2.43. The minimum absolute atomic E-state index is 0.124. The van der Waals surface area contributed by atoms with Crippen LogP contribution >= 0.6 is 0 Å². The van der Waals surface area contributed by atoms with Gasteiger partial charge in [0.05, 0.1) is 11.2 Å². The Hall–Kier alpha value is -6.86. The predicted molar refractivity (Wildman–Crippen MR) is 273 cm³/mol. The van der Waals surface area contributed by atoms with Crippen LogP contribution < -0.4 is 10.6 Å². The zero-order valence-electron chi connectivity index (χ0n) is 38.7. The van der Waals surface area contributed by atoms with Crippen LogP contribution in [0.25, 0.3) is 21.5 Å². The van der Waals surface area contributed by atoms with Crippen LogP contribution in [-0.4, -0.2) is 46.3 Å². The Labute approximate surface area is 395 Å². The first kappa shape index (κ1) is 46.7. The molecule has 2 amide bonds. The second kappa shape index (κ2) is 21.2. The number of hydrogen-bond acceptors (Lipinski definition) is 4. The van der Waals surface area contributed by atoms with Crippen LogP contribution in [-0.2, 0) is 22.4 Å². The molecule has 340 valence electrons. The van der Waals surface area contributed by atoms with Gasteiger partial charge in [0, 0.05) is 37.8 Å². The van der Waals surface area contributed by atoms with Crippen molar-refractivity contribution in [3.8, 4) is 0 Å². The van der Waals surface area contributed by atoms with Crippen molar-refractivity contribution in [3.05, 3.63) is 240 Å². The highest BCUT2D eigenvalue weighted by atomic mass is 16.3. The number of carbonyl (C=O) groups is 2. The van der Waals surface area contributed by atoms with Gasteiger partial charge in [0.1, 0.15) is 5.41 Å². The van der Waals surface area contributed by atoms with E-state index in [-0.39, 0.29) is 38.8 Å². The van der Waals surface area contributed by atoms with Gasteiger partial charge < -0.3 is 20.8 Å². The van der Waals surface area contributed by atoms with Crippen LogP contribution in [0.4, 0.5) is 0 Å². The lowest BCUT2D eigenvalue weighted by molar-refractivity contribution is -0.146. The molecule has 4 unspecified atom stereocenters. The van der Waals surface area contributed by atoms with E-state index in [0.29, 0.717) is 12.8 Å². The number of nitrogens with one attached hydrogen (secondary N) is 2. The molecular formula is C61H62N2O4. The molecule has 0 aliphatic heterocycles. The van der Waals surface area contributed by atoms with E-state index in [1.807, 2.05) is 172 Å². The summed E-state index contributed by atoms with van der Waals surface area (Å²) in [6, 6.07) is 68.5. The van der Waals surface area contributed by atoms with Gasteiger partial charge >= 0.3 is 0 Å². The van der Waals surface area contributed by atoms with Gasteiger partial charge in [-0.05, 0) is 67.8 Å². The van der Waals surface area contributed by atoms with Crippen LogP contribution in [0.5, 0.6) is 0 Å². The minimum Gasteiger partial charge on any atom is -0.387 e. The molecule has 0 aromatic heterocycles. The van der Waals surface area contributed by atoms with Gasteiger partial charge in [0.25, 0.3) is 0 Å². The number of rotatable bonds is 20. The van der Waals surface area contributed by atoms with Gasteiger partial charge in [-0.15, -0.1) is 0 Å². The fourth-order valence-electron chi connectivity index (χ4n) is 10.6. The lowest BCUT2D eigenvalue weighted by atomic mass is 9.72. The monoisotopic (exact) mass is 886 g/mol. The number of aliphatic hydroxyl groups is 2. The van der Waals surface area contributed by atoms with Crippen LogP contribution in [0.2, 0.25) is 0 Å². The van der Waals surface area contributed by atoms with Crippen molar-refractivity contribution >= 4 is 33.4 Å². The molecule has 67 heavy (non-hydrogen) atoms. The molecule has 8 aromatic carbocycles. The first-order valence-corrected chi connectivity index (χ1v) is 23.8. The van der Waals surface area contributed by atoms with Crippen LogP contribution in [0.1, 0.15) is 84.7 Å². The maximum Gasteiger partial charge on any atom is 0.235 e. The van der Waals surface area contributed by atoms with Gasteiger partial charge in [0.2, 0.25) is 11.8 Å². The molecule has 0 heterocycles. The van der Waals surface area contributed by atoms with Gasteiger partial charge in [0.15, 0.2) is 0 Å². The first-order valence-electron chi connectivity index (χ1n) is 23.8. The number of carbonyl (C=O) groups excluding carboxylic acids is 2. The summed E-state index contributed by atoms with van der Waals surface area (Å²) in [4.78, 5) is 30.6. The van der Waals surface area contributed by atoms with Gasteiger partial charge in [-0.1, -0.05) is 233 Å². The molecule has 0 spiro atoms. The average Bonchev–Trinajstić information content (AvgIpc) is 3.36. The highest BCUT2D eigenvalue weighted by Gasteiger charge is 2.48. The van der Waals surface area contributed by atoms with Crippen molar-refractivity contribution in [3.63, 3.8) is 0 Å². The summed E-state index contributed by atoms with van der Waals surface area (Å²) in [5.41, 5.74) is 0.977. The SMILES string of the molecule is CCCC(CCC)(C(=O)NCC(O)(Cc1ccccc1)C(c1ccccc1)c1cccc2ccccc12)C(=O)NCC(O)(Cc1ccccc1)C(c1ccccc1)c1cccc2ccccc12. The van der Waals surface area contributed by atoms with Crippen LogP contribution in [0, 0.1) is 5.41 Å². The Kier molecular flexibility index (Phi) is 14.8. The zero-order chi connectivity index (χ0) is 46.7. The summed E-state index contributed by atoms with van der Waals surface area (Å²) < 4.78 is 0. The quantitative estimate of drug-likeness (QED) is 0.0573. The van der Waals surface area contributed by atoms with E-state index in [9.17, 15) is 10.2 Å². The summed E-state index contributed by atoms with van der Waals surface area (Å²) in [6.45, 7) is 3.73. The third-order valence-corrected chi connectivity index (χ3v) is 13.6. The Morgan fingerprint density at radius 2 is 0.761 bits per heavy atom. The molecule has 4 atom stereocenters. The molecule has 0 aliphatic carbocycles. The van der Waals surface area contributed by atoms with E-state index in [2.05, 4.69) is 59.2 Å². The normalized spacial score (nSPS) is 14.4. The smallest absolute Gasteiger partial charge is 0.235 e. The summed E-state index contributed by atoms with van der Waals surface area (Å²) in [5, 5.41) is 37.5. The summed E-state index contributed by atoms with van der Waals surface area (Å²) in [5.74, 6) is -1.99. The Bertz CT molecular complexity index is 2660. The third-order valence-electron chi connectivity index (χ3n) is 13.6. The van der Waals surface area contributed by atoms with E-state index in [1.54, 1.807) is 0 Å². The van der Waals surface area contributed by atoms with E-state index in [1.165, 1.54) is 0 Å². The number of amides is 2. The third kappa shape index (κ3) is 10.3. The maximum atomic E-state index is 15.3. The molecule has 0 saturated carbocycles. The minimum atomic E-state index is -1.54. The molecule has 0 radical (unpaired) electrons. The molecule has 0 aliphatic rings. The summed E-state index contributed by atoms with van der Waals surface area (Å²) >= 11 is 0. The van der Waals surface area contributed by atoms with E-state index in [0.717, 1.165) is 54.9 Å². The number of benzene rings is 8. The molecular weight excluding hydrogens is 825 g/mol. The molecule has 6 nitrogen and oxygen atoms in total. The molecule has 4 N–H and O–H groups in total. The number of hydrogen-bond donors (Lipinski definition) is 4. The highest BCUT2D eigenvalue weighted by molar-refractivity contribution is 6.05. The van der Waals surface area contributed by atoms with Gasteiger partial charge in [-0.3, -0.25) is 9.59 Å². The van der Waals surface area contributed by atoms with Crippen LogP contribution in [0.3, 0.4) is 0 Å². The fourth-order valence-corrected chi connectivity index (χ4v) is 10.6. The predicted octanol–water partition coefficient (Wildman–Crippen LogP) is 11.7. The second-order valence-corrected chi connectivity index (χ2v) is 18.3. The molecule has 0 saturated heterocycles. The summed E-state index contributed by atoms with van der Waals surface area (Å²) in [6.07, 6.45) is 2.16. The molecule has 8 rings (SSSR count). The lowest BCUT2D eigenvalue weighted by Crippen LogP contribution is -2.58. The average molecular weight is 887 g/mol. The summed E-state index contributed by atoms with van der Waals surface area (Å²) in [7, 11) is 0. The van der Waals surface area contributed by atoms with Crippen molar-refractivity contribution in [1.82, 2.24) is 10.6 Å². The van der Waals surface area contributed by atoms with Gasteiger partial charge in [-0.2, -0.15) is 0 Å². The molecule has 0 bridgehead atoms. The van der Waals surface area contributed by atoms with E-state index >= 15 is 9.59 Å². The van der Waals surface area contributed by atoms with Crippen LogP contribution in [0.15, 0.2) is 206 Å². The van der Waals surface area contributed by atoms with Crippen molar-refractivity contribution in [2.45, 2.75) is 75.4 Å². The van der Waals surface area contributed by atoms with E-state index in [4.69, 9.17) is 0 Å². The standard InChI is InChI=1S/C61H62N2O4/c1-3-39-59(40-4-2,57(64)62-43-60(66,41-45-23-9-5-10-24-45)55(49-29-13-7-14-30-49)53-37-21-33-47-27-17-19-35-51(47)53)58(65)63-44-61(67,42-46-25-11-6-12-26-46)56(50-31-15-8-16-32-50)54-38-22-34-48-28-18-20-36-52(48)54/h5-38,55-56,66-67H,3-4,39-44H2,1-2H3,(H,62,64)(H,63,65). The van der Waals surface area contributed by atoms with Crippen molar-refractivity contribution < 1.29 is 19.8 Å². The van der Waals surface area contributed by atoms with Crippen molar-refractivity contribution in [2.75, 3.05) is 13.1 Å². The largest absolute Gasteiger partial charge is 0.387 e. The Morgan fingerprint density at radius 1 is 0.433 bits per heavy atom. The van der Waals surface area contributed by atoms with Crippen molar-refractivity contribution in [2.24, 2.45) is 5.41 Å². The maximum absolute atomic E-state index is 15.3. The first-order chi connectivity index (χ1) is 32.7. The molecule has 8 aromatic rings. The van der Waals surface area contributed by atoms with E-state index < -0.39 is 40.3 Å². The second-order valence-electron chi connectivity index (χ2n) is 18.3.